The fourth-order valence-corrected chi connectivity index (χ4v) is 1.59. The van der Waals surface area contributed by atoms with E-state index in [9.17, 15) is 18.4 Å². The lowest BCUT2D eigenvalue weighted by Crippen LogP contribution is -2.22. The molecule has 6 heteroatoms. The highest BCUT2D eigenvalue weighted by Crippen LogP contribution is 2.18. The highest BCUT2D eigenvalue weighted by molar-refractivity contribution is 5.93. The zero-order chi connectivity index (χ0) is 13.3. The summed E-state index contributed by atoms with van der Waals surface area (Å²) in [6.45, 7) is 0. The van der Waals surface area contributed by atoms with Crippen LogP contribution in [0, 0.1) is 11.6 Å². The predicted octanol–water partition coefficient (Wildman–Crippen LogP) is 1.42. The first-order valence-corrected chi connectivity index (χ1v) is 4.96. The summed E-state index contributed by atoms with van der Waals surface area (Å²) in [5, 5.41) is 0. The number of carbonyl (C=O) groups is 1. The summed E-state index contributed by atoms with van der Waals surface area (Å²) >= 11 is 0. The van der Waals surface area contributed by atoms with Gasteiger partial charge in [0.1, 0.15) is 17.2 Å². The minimum absolute atomic E-state index is 0.0234. The third kappa shape index (κ3) is 2.13. The molecule has 0 saturated heterocycles. The van der Waals surface area contributed by atoms with Crippen LogP contribution in [0.3, 0.4) is 0 Å². The first kappa shape index (κ1) is 12.0. The van der Waals surface area contributed by atoms with E-state index in [1.807, 2.05) is 0 Å². The fraction of sp³-hybridized carbons (Fsp3) is 0. The number of nitrogens with one attached hydrogen (secondary N) is 1. The van der Waals surface area contributed by atoms with Crippen LogP contribution in [0.15, 0.2) is 35.4 Å². The number of hydrogen-bond acceptors (Lipinski definition) is 2. The van der Waals surface area contributed by atoms with Gasteiger partial charge < -0.3 is 10.7 Å². The smallest absolute Gasteiger partial charge is 0.254 e. The van der Waals surface area contributed by atoms with Crippen LogP contribution in [-0.4, -0.2) is 10.9 Å². The summed E-state index contributed by atoms with van der Waals surface area (Å²) < 4.78 is 26.1. The van der Waals surface area contributed by atoms with Crippen molar-refractivity contribution in [3.63, 3.8) is 0 Å². The zero-order valence-electron chi connectivity index (χ0n) is 9.04. The molecule has 92 valence electrons. The number of pyridine rings is 1. The second kappa shape index (κ2) is 4.40. The number of nitrogens with two attached hydrogens (primary N) is 1. The molecule has 1 aromatic heterocycles. The first-order valence-electron chi connectivity index (χ1n) is 4.96. The summed E-state index contributed by atoms with van der Waals surface area (Å²) in [5.41, 5.74) is 4.09. The summed E-state index contributed by atoms with van der Waals surface area (Å²) in [4.78, 5) is 25.4. The molecule has 0 spiro atoms. The molecule has 0 fully saturated rings. The lowest BCUT2D eigenvalue weighted by Gasteiger charge is -2.03. The molecule has 0 radical (unpaired) electrons. The van der Waals surface area contributed by atoms with Crippen molar-refractivity contribution in [3.05, 3.63) is 58.0 Å². The number of aromatic amines is 1. The molecule has 0 unspecified atom stereocenters. The van der Waals surface area contributed by atoms with Crippen LogP contribution in [0.2, 0.25) is 0 Å². The number of halogens is 2. The van der Waals surface area contributed by atoms with Crippen LogP contribution < -0.4 is 11.2 Å². The van der Waals surface area contributed by atoms with Crippen molar-refractivity contribution in [1.82, 2.24) is 4.98 Å². The minimum Gasteiger partial charge on any atom is -0.366 e. The Kier molecular flexibility index (Phi) is 2.93. The van der Waals surface area contributed by atoms with E-state index in [2.05, 4.69) is 4.98 Å². The highest BCUT2D eigenvalue weighted by atomic mass is 19.1. The Balaban J connectivity index is 2.68. The van der Waals surface area contributed by atoms with Crippen LogP contribution in [0.25, 0.3) is 11.1 Å². The number of rotatable bonds is 2. The van der Waals surface area contributed by atoms with Crippen LogP contribution in [0.5, 0.6) is 0 Å². The largest absolute Gasteiger partial charge is 0.366 e. The molecule has 1 heterocycles. The second-order valence-electron chi connectivity index (χ2n) is 3.63. The van der Waals surface area contributed by atoms with Gasteiger partial charge in [-0.05, 0) is 17.7 Å². The molecule has 1 aromatic carbocycles. The molecule has 0 aliphatic rings. The lowest BCUT2D eigenvalue weighted by atomic mass is 10.0. The van der Waals surface area contributed by atoms with Gasteiger partial charge in [-0.25, -0.2) is 8.78 Å². The fourth-order valence-electron chi connectivity index (χ4n) is 1.59. The maximum atomic E-state index is 13.1. The van der Waals surface area contributed by atoms with E-state index in [1.165, 1.54) is 6.20 Å². The molecule has 0 bridgehead atoms. The number of H-pyrrole nitrogens is 1. The number of hydrogen-bond donors (Lipinski definition) is 2. The van der Waals surface area contributed by atoms with Gasteiger partial charge in [-0.1, -0.05) is 0 Å². The van der Waals surface area contributed by atoms with Crippen molar-refractivity contribution in [3.8, 4) is 11.1 Å². The van der Waals surface area contributed by atoms with E-state index in [-0.39, 0.29) is 16.7 Å². The Bertz CT molecular complexity index is 660. The molecule has 18 heavy (non-hydrogen) atoms. The molecular formula is C12H8F2N2O2. The Morgan fingerprint density at radius 1 is 1.11 bits per heavy atom. The summed E-state index contributed by atoms with van der Waals surface area (Å²) in [6, 6.07) is 2.69. The molecule has 4 nitrogen and oxygen atoms in total. The molecule has 0 aliphatic heterocycles. The lowest BCUT2D eigenvalue weighted by molar-refractivity contribution is 0.0999. The molecular weight excluding hydrogens is 242 g/mol. The van der Waals surface area contributed by atoms with Gasteiger partial charge in [0.25, 0.3) is 5.91 Å². The summed E-state index contributed by atoms with van der Waals surface area (Å²) in [5.74, 6) is -2.53. The van der Waals surface area contributed by atoms with E-state index in [0.717, 1.165) is 18.3 Å². The molecule has 0 aliphatic carbocycles. The molecule has 1 amide bonds. The average molecular weight is 250 g/mol. The molecule has 3 N–H and O–H groups in total. The van der Waals surface area contributed by atoms with Crippen molar-refractivity contribution in [2.75, 3.05) is 0 Å². The van der Waals surface area contributed by atoms with Gasteiger partial charge in [0.15, 0.2) is 0 Å². The standard InChI is InChI=1S/C12H8F2N2O2/c13-7-1-6(2-8(14)3-7)9-4-16-5-10(11(9)17)12(15)18/h1-5H,(H2,15,18)(H,16,17). The minimum atomic E-state index is -0.907. The van der Waals surface area contributed by atoms with Crippen LogP contribution in [0.1, 0.15) is 10.4 Å². The van der Waals surface area contributed by atoms with Gasteiger partial charge >= 0.3 is 0 Å². The highest BCUT2D eigenvalue weighted by Gasteiger charge is 2.12. The van der Waals surface area contributed by atoms with Crippen LogP contribution >= 0.6 is 0 Å². The van der Waals surface area contributed by atoms with Gasteiger partial charge in [0.2, 0.25) is 5.43 Å². The van der Waals surface area contributed by atoms with Crippen molar-refractivity contribution < 1.29 is 13.6 Å². The summed E-state index contributed by atoms with van der Waals surface area (Å²) in [6.07, 6.45) is 2.40. The zero-order valence-corrected chi connectivity index (χ0v) is 9.04. The third-order valence-corrected chi connectivity index (χ3v) is 2.38. The Morgan fingerprint density at radius 3 is 2.28 bits per heavy atom. The second-order valence-corrected chi connectivity index (χ2v) is 3.63. The number of primary amides is 1. The van der Waals surface area contributed by atoms with Crippen molar-refractivity contribution in [1.29, 1.82) is 0 Å². The van der Waals surface area contributed by atoms with Gasteiger partial charge in [-0.15, -0.1) is 0 Å². The Hall–Kier alpha value is -2.50. The van der Waals surface area contributed by atoms with E-state index in [4.69, 9.17) is 5.73 Å². The maximum absolute atomic E-state index is 13.1. The number of aromatic nitrogens is 1. The van der Waals surface area contributed by atoms with Gasteiger partial charge in [-0.2, -0.15) is 0 Å². The van der Waals surface area contributed by atoms with Crippen molar-refractivity contribution >= 4 is 5.91 Å². The Morgan fingerprint density at radius 2 is 1.72 bits per heavy atom. The average Bonchev–Trinajstić information content (AvgIpc) is 2.27. The number of carbonyl (C=O) groups excluding carboxylic acids is 1. The number of benzene rings is 1. The molecule has 0 atom stereocenters. The molecule has 2 aromatic rings. The SMILES string of the molecule is NC(=O)c1c[nH]cc(-c2cc(F)cc(F)c2)c1=O. The third-order valence-electron chi connectivity index (χ3n) is 2.38. The van der Waals surface area contributed by atoms with Crippen molar-refractivity contribution in [2.45, 2.75) is 0 Å². The quantitative estimate of drug-likeness (QED) is 0.845. The van der Waals surface area contributed by atoms with Gasteiger partial charge in [-0.3, -0.25) is 9.59 Å². The van der Waals surface area contributed by atoms with Crippen LogP contribution in [0.4, 0.5) is 8.78 Å². The van der Waals surface area contributed by atoms with Gasteiger partial charge in [0.05, 0.1) is 0 Å². The Labute approximate surface area is 100 Å². The summed E-state index contributed by atoms with van der Waals surface area (Å²) in [7, 11) is 0. The van der Waals surface area contributed by atoms with E-state index in [1.54, 1.807) is 0 Å². The number of amides is 1. The topological polar surface area (TPSA) is 76.0 Å². The van der Waals surface area contributed by atoms with E-state index in [0.29, 0.717) is 6.07 Å². The van der Waals surface area contributed by atoms with Gasteiger partial charge in [0, 0.05) is 24.0 Å². The van der Waals surface area contributed by atoms with Crippen LogP contribution in [-0.2, 0) is 0 Å². The van der Waals surface area contributed by atoms with Crippen molar-refractivity contribution in [2.24, 2.45) is 5.73 Å². The predicted molar refractivity (Wildman–Crippen MR) is 60.9 cm³/mol. The normalized spacial score (nSPS) is 10.3. The molecule has 2 rings (SSSR count). The van der Waals surface area contributed by atoms with E-state index >= 15 is 0 Å². The first-order chi connectivity index (χ1) is 8.49. The monoisotopic (exact) mass is 250 g/mol. The maximum Gasteiger partial charge on any atom is 0.254 e. The molecule has 0 saturated carbocycles. The van der Waals surface area contributed by atoms with E-state index < -0.39 is 23.0 Å².